The average molecular weight is 452 g/mol. The van der Waals surface area contributed by atoms with Gasteiger partial charge in [0.15, 0.2) is 0 Å². The quantitative estimate of drug-likeness (QED) is 0.396. The van der Waals surface area contributed by atoms with Crippen LogP contribution in [0.3, 0.4) is 0 Å². The number of ether oxygens (including phenoxy) is 1. The number of fused-ring (bicyclic) bond motifs is 1. The molecule has 33 heavy (non-hydrogen) atoms. The second kappa shape index (κ2) is 9.15. The van der Waals surface area contributed by atoms with Crippen LogP contribution in [-0.2, 0) is 9.59 Å². The number of hydrogen-bond donors (Lipinski definition) is 2. The fourth-order valence-corrected chi connectivity index (χ4v) is 4.32. The predicted molar refractivity (Wildman–Crippen MR) is 125 cm³/mol. The molecule has 2 aromatic carbocycles. The molecule has 1 amide bonds. The molecule has 2 aromatic rings. The van der Waals surface area contributed by atoms with Crippen LogP contribution in [0.5, 0.6) is 11.5 Å². The van der Waals surface area contributed by atoms with Crippen molar-refractivity contribution in [2.45, 2.75) is 12.5 Å². The molecular formula is C25H29N3O5. The van der Waals surface area contributed by atoms with Crippen LogP contribution in [0.4, 0.5) is 5.69 Å². The molecule has 0 bridgehead atoms. The van der Waals surface area contributed by atoms with Gasteiger partial charge in [-0.05, 0) is 63.0 Å². The first-order valence-corrected chi connectivity index (χ1v) is 11.0. The van der Waals surface area contributed by atoms with E-state index in [1.165, 1.54) is 17.0 Å². The molecule has 1 fully saturated rings. The number of aliphatic hydroxyl groups excluding tert-OH is 1. The van der Waals surface area contributed by atoms with Gasteiger partial charge in [-0.25, -0.2) is 0 Å². The van der Waals surface area contributed by atoms with E-state index in [4.69, 9.17) is 4.74 Å². The van der Waals surface area contributed by atoms with Crippen LogP contribution < -0.4 is 9.64 Å². The SMILES string of the molecule is CN(C)CCCN1C(=O)C(=O)/C(=C(\O)c2ccc3c(c2)N(C)CCO3)C1c1ccc(O)cc1. The van der Waals surface area contributed by atoms with Crippen LogP contribution in [0.15, 0.2) is 48.0 Å². The van der Waals surface area contributed by atoms with E-state index in [0.29, 0.717) is 43.0 Å². The van der Waals surface area contributed by atoms with Crippen molar-refractivity contribution in [2.24, 2.45) is 0 Å². The summed E-state index contributed by atoms with van der Waals surface area (Å²) < 4.78 is 5.68. The number of phenols is 1. The van der Waals surface area contributed by atoms with E-state index >= 15 is 0 Å². The van der Waals surface area contributed by atoms with Crippen molar-refractivity contribution in [3.05, 3.63) is 59.2 Å². The number of aliphatic hydroxyl groups is 1. The molecular weight excluding hydrogens is 422 g/mol. The highest BCUT2D eigenvalue weighted by molar-refractivity contribution is 6.46. The molecule has 2 N–H and O–H groups in total. The van der Waals surface area contributed by atoms with Crippen molar-refractivity contribution in [1.82, 2.24) is 9.80 Å². The van der Waals surface area contributed by atoms with Crippen molar-refractivity contribution in [1.29, 1.82) is 0 Å². The highest BCUT2D eigenvalue weighted by Crippen LogP contribution is 2.41. The largest absolute Gasteiger partial charge is 0.508 e. The highest BCUT2D eigenvalue weighted by Gasteiger charge is 2.45. The zero-order chi connectivity index (χ0) is 23.7. The van der Waals surface area contributed by atoms with Crippen LogP contribution in [0.1, 0.15) is 23.6 Å². The predicted octanol–water partition coefficient (Wildman–Crippen LogP) is 2.59. The maximum absolute atomic E-state index is 13.1. The van der Waals surface area contributed by atoms with E-state index in [0.717, 1.165) is 12.2 Å². The number of phenolic OH excluding ortho intramolecular Hbond substituents is 1. The van der Waals surface area contributed by atoms with E-state index in [1.807, 2.05) is 30.9 Å². The number of anilines is 1. The molecule has 2 aliphatic rings. The van der Waals surface area contributed by atoms with E-state index in [2.05, 4.69) is 0 Å². The second-order valence-corrected chi connectivity index (χ2v) is 8.69. The Hall–Kier alpha value is -3.52. The summed E-state index contributed by atoms with van der Waals surface area (Å²) in [6.45, 7) is 2.41. The second-order valence-electron chi connectivity index (χ2n) is 8.69. The highest BCUT2D eigenvalue weighted by atomic mass is 16.5. The van der Waals surface area contributed by atoms with Gasteiger partial charge in [-0.1, -0.05) is 12.1 Å². The number of nitrogens with zero attached hydrogens (tertiary/aromatic N) is 3. The summed E-state index contributed by atoms with van der Waals surface area (Å²) in [5.74, 6) is -0.770. The third kappa shape index (κ3) is 4.39. The minimum Gasteiger partial charge on any atom is -0.508 e. The minimum absolute atomic E-state index is 0.0508. The molecule has 0 saturated carbocycles. The lowest BCUT2D eigenvalue weighted by Gasteiger charge is -2.28. The van der Waals surface area contributed by atoms with Crippen LogP contribution in [-0.4, -0.2) is 79.1 Å². The Kier molecular flexibility index (Phi) is 6.29. The number of rotatable bonds is 6. The van der Waals surface area contributed by atoms with E-state index in [-0.39, 0.29) is 17.1 Å². The Balaban J connectivity index is 1.79. The summed E-state index contributed by atoms with van der Waals surface area (Å²) in [6.07, 6.45) is 0.676. The van der Waals surface area contributed by atoms with E-state index < -0.39 is 17.7 Å². The average Bonchev–Trinajstić information content (AvgIpc) is 3.04. The van der Waals surface area contributed by atoms with Crippen LogP contribution in [0.2, 0.25) is 0 Å². The Bertz CT molecular complexity index is 1090. The number of benzene rings is 2. The van der Waals surface area contributed by atoms with Crippen molar-refractivity contribution in [2.75, 3.05) is 52.3 Å². The number of carbonyl (C=O) groups is 2. The molecule has 0 spiro atoms. The van der Waals surface area contributed by atoms with Gasteiger partial charge in [0.2, 0.25) is 0 Å². The van der Waals surface area contributed by atoms with Crippen LogP contribution in [0, 0.1) is 0 Å². The van der Waals surface area contributed by atoms with Gasteiger partial charge in [0.1, 0.15) is 23.9 Å². The molecule has 0 radical (unpaired) electrons. The molecule has 174 valence electrons. The van der Waals surface area contributed by atoms with Gasteiger partial charge in [-0.15, -0.1) is 0 Å². The number of carbonyl (C=O) groups excluding carboxylic acids is 2. The van der Waals surface area contributed by atoms with E-state index in [9.17, 15) is 19.8 Å². The molecule has 1 atom stereocenters. The molecule has 8 heteroatoms. The minimum atomic E-state index is -0.738. The van der Waals surface area contributed by atoms with Gasteiger partial charge in [0.25, 0.3) is 11.7 Å². The maximum Gasteiger partial charge on any atom is 0.295 e. The lowest BCUT2D eigenvalue weighted by molar-refractivity contribution is -0.139. The maximum atomic E-state index is 13.1. The molecule has 1 unspecified atom stereocenters. The summed E-state index contributed by atoms with van der Waals surface area (Å²) in [5, 5.41) is 21.0. The molecule has 4 rings (SSSR count). The first kappa shape index (κ1) is 22.7. The fraction of sp³-hybridized carbons (Fsp3) is 0.360. The van der Waals surface area contributed by atoms with Crippen molar-refractivity contribution in [3.63, 3.8) is 0 Å². The zero-order valence-electron chi connectivity index (χ0n) is 19.1. The summed E-state index contributed by atoms with van der Waals surface area (Å²) in [7, 11) is 5.83. The first-order chi connectivity index (χ1) is 15.8. The monoisotopic (exact) mass is 451 g/mol. The molecule has 1 saturated heterocycles. The first-order valence-electron chi connectivity index (χ1n) is 11.0. The number of aromatic hydroxyl groups is 1. The number of likely N-dealkylation sites (N-methyl/N-ethyl adjacent to an activating group) is 1. The lowest BCUT2D eigenvalue weighted by atomic mass is 9.95. The zero-order valence-corrected chi connectivity index (χ0v) is 19.1. The topological polar surface area (TPSA) is 93.6 Å². The Labute approximate surface area is 193 Å². The van der Waals surface area contributed by atoms with Crippen molar-refractivity contribution in [3.8, 4) is 11.5 Å². The smallest absolute Gasteiger partial charge is 0.295 e. The van der Waals surface area contributed by atoms with Gasteiger partial charge < -0.3 is 29.6 Å². The molecule has 0 aliphatic carbocycles. The molecule has 8 nitrogen and oxygen atoms in total. The summed E-state index contributed by atoms with van der Waals surface area (Å²) >= 11 is 0. The number of amides is 1. The van der Waals surface area contributed by atoms with Gasteiger partial charge in [0, 0.05) is 19.2 Å². The van der Waals surface area contributed by atoms with Gasteiger partial charge >= 0.3 is 0 Å². The molecule has 2 heterocycles. The van der Waals surface area contributed by atoms with Crippen molar-refractivity contribution < 1.29 is 24.5 Å². The number of ketones is 1. The van der Waals surface area contributed by atoms with Gasteiger partial charge in [0.05, 0.1) is 23.8 Å². The van der Waals surface area contributed by atoms with Crippen LogP contribution >= 0.6 is 0 Å². The summed E-state index contributed by atoms with van der Waals surface area (Å²) in [4.78, 5) is 31.7. The standard InChI is InChI=1S/C25H29N3O5/c1-26(2)11-4-12-28-22(16-5-8-18(29)9-6-16)21(24(31)25(28)32)23(30)17-7-10-20-19(15-17)27(3)13-14-33-20/h5-10,15,22,29-30H,4,11-14H2,1-3H3/b23-21-. The third-order valence-electron chi connectivity index (χ3n) is 6.08. The number of Topliss-reactive ketones (excluding diaryl/α,β-unsaturated/α-hetero) is 1. The van der Waals surface area contributed by atoms with E-state index in [1.54, 1.807) is 30.3 Å². The number of hydrogen-bond acceptors (Lipinski definition) is 7. The Morgan fingerprint density at radius 3 is 2.58 bits per heavy atom. The summed E-state index contributed by atoms with van der Waals surface area (Å²) in [6, 6.07) is 10.9. The fourth-order valence-electron chi connectivity index (χ4n) is 4.32. The van der Waals surface area contributed by atoms with Gasteiger partial charge in [-0.3, -0.25) is 9.59 Å². The third-order valence-corrected chi connectivity index (χ3v) is 6.08. The Morgan fingerprint density at radius 2 is 1.88 bits per heavy atom. The van der Waals surface area contributed by atoms with Crippen molar-refractivity contribution >= 4 is 23.1 Å². The molecule has 0 aromatic heterocycles. The van der Waals surface area contributed by atoms with Crippen LogP contribution in [0.25, 0.3) is 5.76 Å². The van der Waals surface area contributed by atoms with Gasteiger partial charge in [-0.2, -0.15) is 0 Å². The normalized spacial score (nSPS) is 19.7. The summed E-state index contributed by atoms with van der Waals surface area (Å²) in [5.41, 5.74) is 1.96. The molecule has 2 aliphatic heterocycles. The Morgan fingerprint density at radius 1 is 1.15 bits per heavy atom. The number of likely N-dealkylation sites (tertiary alicyclic amines) is 1. The lowest BCUT2D eigenvalue weighted by Crippen LogP contribution is -2.32.